The molecule has 0 spiro atoms. The Morgan fingerprint density at radius 2 is 0.762 bits per heavy atom. The van der Waals surface area contributed by atoms with Gasteiger partial charge in [0.15, 0.2) is 0 Å². The van der Waals surface area contributed by atoms with Gasteiger partial charge in [0.05, 0.1) is 0 Å². The zero-order chi connectivity index (χ0) is 30.9. The Labute approximate surface area is 250 Å². The molecule has 0 atom stereocenters. The third-order valence-electron chi connectivity index (χ3n) is 7.45. The van der Waals surface area contributed by atoms with Gasteiger partial charge in [-0.05, 0) is 49.2 Å². The van der Waals surface area contributed by atoms with Gasteiger partial charge in [-0.15, -0.1) is 0 Å². The second-order valence-electron chi connectivity index (χ2n) is 11.5. The molecule has 0 bridgehead atoms. The molecule has 0 saturated heterocycles. The summed E-state index contributed by atoms with van der Waals surface area (Å²) in [7, 11) is 0. The first-order valence-corrected chi connectivity index (χ1v) is 14.0. The van der Waals surface area contributed by atoms with E-state index in [2.05, 4.69) is 64.1 Å². The number of rotatable bonds is 4. The van der Waals surface area contributed by atoms with E-state index < -0.39 is 0 Å². The zero-order valence-corrected chi connectivity index (χ0v) is 25.3. The molecule has 0 radical (unpaired) electrons. The minimum absolute atomic E-state index is 0.0880. The number of hydrogen-bond donors (Lipinski definition) is 4. The van der Waals surface area contributed by atoms with Crippen LogP contribution in [0.1, 0.15) is 61.1 Å². The van der Waals surface area contributed by atoms with Crippen molar-refractivity contribution in [3.63, 3.8) is 0 Å². The minimum Gasteiger partial charge on any atom is -0.508 e. The third-order valence-corrected chi connectivity index (χ3v) is 7.45. The molecule has 0 aromatic heterocycles. The zero-order valence-electron chi connectivity index (χ0n) is 25.3. The highest BCUT2D eigenvalue weighted by molar-refractivity contribution is 5.51. The summed E-state index contributed by atoms with van der Waals surface area (Å²) in [6, 6.07) is 37.8. The van der Waals surface area contributed by atoms with Crippen LogP contribution in [-0.4, -0.2) is 20.4 Å². The van der Waals surface area contributed by atoms with E-state index in [1.807, 2.05) is 62.4 Å². The summed E-state index contributed by atoms with van der Waals surface area (Å²) < 4.78 is 0. The van der Waals surface area contributed by atoms with Gasteiger partial charge in [0.1, 0.15) is 23.0 Å². The van der Waals surface area contributed by atoms with Crippen molar-refractivity contribution in [3.8, 4) is 23.0 Å². The highest BCUT2D eigenvalue weighted by atomic mass is 16.3. The fraction of sp³-hybridized carbons (Fsp3) is 0.211. The molecule has 0 saturated carbocycles. The molecule has 5 aromatic carbocycles. The van der Waals surface area contributed by atoms with Gasteiger partial charge in [0, 0.05) is 28.0 Å². The van der Waals surface area contributed by atoms with Crippen LogP contribution in [0.3, 0.4) is 0 Å². The van der Waals surface area contributed by atoms with Crippen LogP contribution in [0.5, 0.6) is 23.0 Å². The maximum Gasteiger partial charge on any atom is 0.119 e. The molecule has 4 heteroatoms. The van der Waals surface area contributed by atoms with Crippen LogP contribution in [0.15, 0.2) is 121 Å². The molecule has 218 valence electrons. The first-order chi connectivity index (χ1) is 19.8. The van der Waals surface area contributed by atoms with Gasteiger partial charge in [-0.25, -0.2) is 0 Å². The van der Waals surface area contributed by atoms with E-state index in [4.69, 9.17) is 10.2 Å². The van der Waals surface area contributed by atoms with Crippen LogP contribution in [0.25, 0.3) is 0 Å². The number of benzene rings is 5. The topological polar surface area (TPSA) is 80.9 Å². The highest BCUT2D eigenvalue weighted by Crippen LogP contribution is 2.41. The van der Waals surface area contributed by atoms with Crippen LogP contribution in [0.2, 0.25) is 0 Å². The molecule has 0 unspecified atom stereocenters. The van der Waals surface area contributed by atoms with Gasteiger partial charge in [-0.1, -0.05) is 130 Å². The molecule has 0 fully saturated rings. The third kappa shape index (κ3) is 8.17. The second-order valence-corrected chi connectivity index (χ2v) is 11.5. The molecule has 0 aliphatic heterocycles. The van der Waals surface area contributed by atoms with E-state index >= 15 is 0 Å². The van der Waals surface area contributed by atoms with Crippen molar-refractivity contribution < 1.29 is 20.4 Å². The summed E-state index contributed by atoms with van der Waals surface area (Å²) >= 11 is 0. The maximum atomic E-state index is 10.5. The van der Waals surface area contributed by atoms with Crippen molar-refractivity contribution in [2.24, 2.45) is 0 Å². The lowest BCUT2D eigenvalue weighted by Crippen LogP contribution is -2.23. The second kappa shape index (κ2) is 13.8. The van der Waals surface area contributed by atoms with Crippen molar-refractivity contribution in [1.82, 2.24) is 0 Å². The fourth-order valence-electron chi connectivity index (χ4n) is 4.79. The number of aromatic hydroxyl groups is 4. The number of phenols is 4. The largest absolute Gasteiger partial charge is 0.508 e. The Balaban J connectivity index is 0.000000280. The average Bonchev–Trinajstić information content (AvgIpc) is 2.97. The lowest BCUT2D eigenvalue weighted by atomic mass is 9.72. The van der Waals surface area contributed by atoms with Gasteiger partial charge >= 0.3 is 0 Å². The van der Waals surface area contributed by atoms with Gasteiger partial charge in [0.2, 0.25) is 0 Å². The van der Waals surface area contributed by atoms with Crippen molar-refractivity contribution in [2.75, 3.05) is 0 Å². The van der Waals surface area contributed by atoms with Crippen molar-refractivity contribution in [3.05, 3.63) is 155 Å². The van der Waals surface area contributed by atoms with E-state index in [1.54, 1.807) is 18.2 Å². The molecule has 5 aromatic rings. The minimum atomic E-state index is -0.350. The number of hydrogen-bond acceptors (Lipinski definition) is 4. The monoisotopic (exact) mass is 562 g/mol. The Hall–Kier alpha value is -4.70. The summed E-state index contributed by atoms with van der Waals surface area (Å²) in [6.45, 7) is 12.6. The van der Waals surface area contributed by atoms with Crippen LogP contribution in [0.4, 0.5) is 0 Å². The van der Waals surface area contributed by atoms with E-state index in [-0.39, 0.29) is 22.3 Å². The summed E-state index contributed by atoms with van der Waals surface area (Å²) in [4.78, 5) is 0. The molecular formula is C38H42O4. The van der Waals surface area contributed by atoms with E-state index in [0.717, 1.165) is 33.4 Å². The molecular weight excluding hydrogens is 520 g/mol. The molecule has 0 aliphatic rings. The molecule has 42 heavy (non-hydrogen) atoms. The number of phenolic OH excluding ortho intramolecular Hbond substituents is 4. The Kier molecular flexibility index (Phi) is 10.4. The van der Waals surface area contributed by atoms with Gasteiger partial charge in [0.25, 0.3) is 0 Å². The van der Waals surface area contributed by atoms with Crippen LogP contribution < -0.4 is 0 Å². The first kappa shape index (κ1) is 31.8. The highest BCUT2D eigenvalue weighted by Gasteiger charge is 2.30. The molecule has 4 N–H and O–H groups in total. The standard InChI is InChI=1S/C26H30O2.C6H6O2.C6H6/c1-17-10-12-23(27)21(14-17)25(3,4)19-8-7-9-20(16-19)26(5,6)22-15-18(2)11-13-24(22)28;7-5-2-1-3-6(8)4-5;1-2-4-6-5-3-1/h7-16,27-28H,1-6H3;1-4,7-8H;1-6H. The Morgan fingerprint density at radius 1 is 0.405 bits per heavy atom. The Morgan fingerprint density at radius 3 is 1.10 bits per heavy atom. The lowest BCUT2D eigenvalue weighted by Gasteiger charge is -2.31. The normalized spacial score (nSPS) is 11.0. The summed E-state index contributed by atoms with van der Waals surface area (Å²) in [5, 5.41) is 38.3. The van der Waals surface area contributed by atoms with E-state index in [0.29, 0.717) is 11.5 Å². The molecule has 5 rings (SSSR count). The lowest BCUT2D eigenvalue weighted by molar-refractivity contribution is 0.449. The van der Waals surface area contributed by atoms with Crippen LogP contribution >= 0.6 is 0 Å². The average molecular weight is 563 g/mol. The van der Waals surface area contributed by atoms with Gasteiger partial charge in [-0.3, -0.25) is 0 Å². The van der Waals surface area contributed by atoms with Crippen molar-refractivity contribution in [2.45, 2.75) is 52.4 Å². The SMILES string of the molecule is Cc1ccc(O)c(C(C)(C)c2cccc(C(C)(C)c3cc(C)ccc3O)c2)c1.Oc1cccc(O)c1.c1ccccc1. The predicted octanol–water partition coefficient (Wildman–Crippen LogP) is 9.15. The fourth-order valence-corrected chi connectivity index (χ4v) is 4.79. The predicted molar refractivity (Wildman–Crippen MR) is 173 cm³/mol. The van der Waals surface area contributed by atoms with Crippen LogP contribution in [0, 0.1) is 13.8 Å². The van der Waals surface area contributed by atoms with Crippen LogP contribution in [-0.2, 0) is 10.8 Å². The van der Waals surface area contributed by atoms with Crippen molar-refractivity contribution >= 4 is 0 Å². The van der Waals surface area contributed by atoms with E-state index in [9.17, 15) is 10.2 Å². The quantitative estimate of drug-likeness (QED) is 0.176. The van der Waals surface area contributed by atoms with E-state index in [1.165, 1.54) is 18.2 Å². The summed E-state index contributed by atoms with van der Waals surface area (Å²) in [6.07, 6.45) is 0. The Bertz CT molecular complexity index is 1460. The molecule has 0 heterocycles. The molecule has 0 aliphatic carbocycles. The summed E-state index contributed by atoms with van der Waals surface area (Å²) in [5.41, 5.74) is 5.65. The van der Waals surface area contributed by atoms with Gasteiger partial charge < -0.3 is 20.4 Å². The maximum absolute atomic E-state index is 10.5. The summed E-state index contributed by atoms with van der Waals surface area (Å²) in [5.74, 6) is 0.809. The van der Waals surface area contributed by atoms with Gasteiger partial charge in [-0.2, -0.15) is 0 Å². The smallest absolute Gasteiger partial charge is 0.119 e. The molecule has 4 nitrogen and oxygen atoms in total. The number of aryl methyl sites for hydroxylation is 2. The first-order valence-electron chi connectivity index (χ1n) is 14.0. The molecule has 0 amide bonds. The van der Waals surface area contributed by atoms with Crippen molar-refractivity contribution in [1.29, 1.82) is 0 Å².